The van der Waals surface area contributed by atoms with Crippen LogP contribution in [0.4, 0.5) is 5.13 Å². The summed E-state index contributed by atoms with van der Waals surface area (Å²) >= 11 is 1.49. The fraction of sp³-hybridized carbons (Fsp3) is 0.583. The van der Waals surface area contributed by atoms with Gasteiger partial charge in [-0.15, -0.1) is 10.2 Å². The summed E-state index contributed by atoms with van der Waals surface area (Å²) in [6.45, 7) is 13.3. The molecule has 0 radical (unpaired) electrons. The summed E-state index contributed by atoms with van der Waals surface area (Å²) in [7, 11) is 2.09. The number of phenols is 1. The smallest absolute Gasteiger partial charge is 0.264 e. The first-order valence-electron chi connectivity index (χ1n) is 11.4. The summed E-state index contributed by atoms with van der Waals surface area (Å²) < 4.78 is 12.1. The number of piperidine rings is 1. The van der Waals surface area contributed by atoms with Crippen LogP contribution in [0.5, 0.6) is 5.75 Å². The molecule has 0 aliphatic carbocycles. The van der Waals surface area contributed by atoms with E-state index in [9.17, 15) is 5.11 Å². The second kappa shape index (κ2) is 8.36. The number of allylic oxidation sites excluding steroid dienone is 1. The standard InChI is InChI=1S/C24H35N5O3S/c1-8-31-19-15(2)32-24(25-19,16-10-9-11-18(30)12-16)20-26-27-21(33-20)29(7)17-13-22(3,4)28-23(5,6)14-17/h9-12,17,25,28,30H,8,13-14H2,1-7H3. The van der Waals surface area contributed by atoms with Gasteiger partial charge in [0.05, 0.1) is 6.61 Å². The number of benzene rings is 1. The van der Waals surface area contributed by atoms with Crippen LogP contribution in [-0.4, -0.2) is 46.1 Å². The summed E-state index contributed by atoms with van der Waals surface area (Å²) in [5, 5.41) is 27.9. The van der Waals surface area contributed by atoms with E-state index in [1.165, 1.54) is 11.3 Å². The van der Waals surface area contributed by atoms with Gasteiger partial charge in [0.2, 0.25) is 11.0 Å². The van der Waals surface area contributed by atoms with Crippen LogP contribution in [-0.2, 0) is 15.2 Å². The lowest BCUT2D eigenvalue weighted by Gasteiger charge is -2.48. The van der Waals surface area contributed by atoms with Crippen molar-refractivity contribution in [2.24, 2.45) is 0 Å². The van der Waals surface area contributed by atoms with E-state index in [1.807, 2.05) is 19.9 Å². The maximum Gasteiger partial charge on any atom is 0.264 e. The summed E-state index contributed by atoms with van der Waals surface area (Å²) in [5.41, 5.74) is -0.330. The van der Waals surface area contributed by atoms with E-state index in [4.69, 9.17) is 9.47 Å². The monoisotopic (exact) mass is 473 g/mol. The zero-order chi connectivity index (χ0) is 24.0. The lowest BCUT2D eigenvalue weighted by molar-refractivity contribution is 0.0396. The maximum absolute atomic E-state index is 10.2. The van der Waals surface area contributed by atoms with Crippen molar-refractivity contribution < 1.29 is 14.6 Å². The number of phenolic OH excluding ortho intramolecular Hbond substituents is 1. The van der Waals surface area contributed by atoms with Crippen LogP contribution in [0.25, 0.3) is 0 Å². The molecule has 1 unspecified atom stereocenters. The molecule has 4 rings (SSSR count). The first-order chi connectivity index (χ1) is 15.4. The number of hydrogen-bond donors (Lipinski definition) is 3. The molecule has 0 bridgehead atoms. The molecule has 1 aromatic carbocycles. The Labute approximate surface area is 200 Å². The zero-order valence-corrected chi connectivity index (χ0v) is 21.3. The fourth-order valence-corrected chi connectivity index (χ4v) is 6.09. The van der Waals surface area contributed by atoms with Gasteiger partial charge in [-0.25, -0.2) is 0 Å². The molecular weight excluding hydrogens is 438 g/mol. The van der Waals surface area contributed by atoms with E-state index in [1.54, 1.807) is 18.2 Å². The third kappa shape index (κ3) is 4.61. The zero-order valence-electron chi connectivity index (χ0n) is 20.5. The number of aromatic nitrogens is 2. The molecule has 1 fully saturated rings. The van der Waals surface area contributed by atoms with Gasteiger partial charge >= 0.3 is 0 Å². The van der Waals surface area contributed by atoms with Crippen molar-refractivity contribution in [3.63, 3.8) is 0 Å². The van der Waals surface area contributed by atoms with Crippen molar-refractivity contribution in [1.82, 2.24) is 20.8 Å². The molecule has 0 spiro atoms. The Hall–Kier alpha value is -2.52. The van der Waals surface area contributed by atoms with Crippen molar-refractivity contribution in [3.05, 3.63) is 46.5 Å². The van der Waals surface area contributed by atoms with E-state index in [0.29, 0.717) is 29.3 Å². The van der Waals surface area contributed by atoms with Crippen molar-refractivity contribution in [2.45, 2.75) is 77.2 Å². The first-order valence-corrected chi connectivity index (χ1v) is 12.2. The van der Waals surface area contributed by atoms with Crippen molar-refractivity contribution in [2.75, 3.05) is 18.6 Å². The Morgan fingerprint density at radius 1 is 1.21 bits per heavy atom. The highest BCUT2D eigenvalue weighted by molar-refractivity contribution is 7.15. The van der Waals surface area contributed by atoms with Gasteiger partial charge in [-0.2, -0.15) is 0 Å². The SMILES string of the molecule is CCOC1=C(C)OC(c2cccc(O)c2)(c2nnc(N(C)C3CC(C)(C)NC(C)(C)C3)s2)N1. The highest BCUT2D eigenvalue weighted by atomic mass is 32.1. The molecule has 3 heterocycles. The summed E-state index contributed by atoms with van der Waals surface area (Å²) in [5.74, 6) is 1.35. The summed E-state index contributed by atoms with van der Waals surface area (Å²) in [4.78, 5) is 2.24. The molecule has 0 amide bonds. The number of ether oxygens (including phenoxy) is 2. The number of nitrogens with one attached hydrogen (secondary N) is 2. The van der Waals surface area contributed by atoms with E-state index < -0.39 is 5.72 Å². The maximum atomic E-state index is 10.2. The van der Waals surface area contributed by atoms with Gasteiger partial charge in [0, 0.05) is 29.7 Å². The minimum absolute atomic E-state index is 0.0283. The molecule has 0 saturated carbocycles. The van der Waals surface area contributed by atoms with Crippen LogP contribution in [0.2, 0.25) is 0 Å². The van der Waals surface area contributed by atoms with Crippen molar-refractivity contribution in [3.8, 4) is 5.75 Å². The molecule has 2 aliphatic heterocycles. The van der Waals surface area contributed by atoms with Crippen LogP contribution in [0.15, 0.2) is 35.9 Å². The molecule has 9 heteroatoms. The number of hydrogen-bond acceptors (Lipinski definition) is 9. The van der Waals surface area contributed by atoms with E-state index in [-0.39, 0.29) is 16.8 Å². The highest BCUT2D eigenvalue weighted by Gasteiger charge is 2.48. The van der Waals surface area contributed by atoms with E-state index in [0.717, 1.165) is 23.5 Å². The molecule has 180 valence electrons. The van der Waals surface area contributed by atoms with Gasteiger partial charge in [0.25, 0.3) is 5.72 Å². The van der Waals surface area contributed by atoms with E-state index >= 15 is 0 Å². The van der Waals surface area contributed by atoms with Gasteiger partial charge in [-0.05, 0) is 66.5 Å². The van der Waals surface area contributed by atoms with Gasteiger partial charge in [-0.1, -0.05) is 23.5 Å². The van der Waals surface area contributed by atoms with Crippen LogP contribution in [0.3, 0.4) is 0 Å². The molecule has 33 heavy (non-hydrogen) atoms. The van der Waals surface area contributed by atoms with Crippen molar-refractivity contribution >= 4 is 16.5 Å². The second-order valence-corrected chi connectivity index (χ2v) is 11.2. The molecule has 3 N–H and O–H groups in total. The molecule has 1 aromatic heterocycles. The van der Waals surface area contributed by atoms with Gasteiger partial charge in [-0.3, -0.25) is 0 Å². The van der Waals surface area contributed by atoms with Crippen molar-refractivity contribution in [1.29, 1.82) is 0 Å². The largest absolute Gasteiger partial charge is 0.508 e. The number of nitrogens with zero attached hydrogens (tertiary/aromatic N) is 3. The lowest BCUT2D eigenvalue weighted by atomic mass is 9.79. The third-order valence-electron chi connectivity index (χ3n) is 6.19. The average molecular weight is 474 g/mol. The topological polar surface area (TPSA) is 91.8 Å². The van der Waals surface area contributed by atoms with Crippen LogP contribution < -0.4 is 15.5 Å². The number of anilines is 1. The van der Waals surface area contributed by atoms with Gasteiger partial charge < -0.3 is 30.1 Å². The molecule has 1 atom stereocenters. The predicted octanol–water partition coefficient (Wildman–Crippen LogP) is 4.04. The Kier molecular flexibility index (Phi) is 5.99. The minimum Gasteiger partial charge on any atom is -0.508 e. The summed E-state index contributed by atoms with van der Waals surface area (Å²) in [6, 6.07) is 7.33. The van der Waals surface area contributed by atoms with Gasteiger partial charge in [0.15, 0.2) is 10.8 Å². The Balaban J connectivity index is 1.68. The molecule has 1 saturated heterocycles. The molecule has 2 aromatic rings. The third-order valence-corrected chi connectivity index (χ3v) is 7.31. The highest BCUT2D eigenvalue weighted by Crippen LogP contribution is 2.43. The molecule has 2 aliphatic rings. The Bertz CT molecular complexity index is 1030. The van der Waals surface area contributed by atoms with Crippen LogP contribution in [0, 0.1) is 0 Å². The predicted molar refractivity (Wildman–Crippen MR) is 130 cm³/mol. The molecular formula is C24H35N5O3S. The first kappa shape index (κ1) is 23.6. The normalized spacial score (nSPS) is 24.3. The van der Waals surface area contributed by atoms with Gasteiger partial charge in [0.1, 0.15) is 5.75 Å². The minimum atomic E-state index is -1.11. The fourth-order valence-electron chi connectivity index (χ4n) is 5.11. The van der Waals surface area contributed by atoms with E-state index in [2.05, 4.69) is 60.5 Å². The van der Waals surface area contributed by atoms with Crippen LogP contribution in [0.1, 0.15) is 65.0 Å². The Morgan fingerprint density at radius 3 is 2.55 bits per heavy atom. The Morgan fingerprint density at radius 2 is 1.91 bits per heavy atom. The molecule has 8 nitrogen and oxygen atoms in total. The number of aromatic hydroxyl groups is 1. The second-order valence-electron chi connectivity index (χ2n) is 10.2. The summed E-state index contributed by atoms with van der Waals surface area (Å²) in [6.07, 6.45) is 2.01. The number of rotatable bonds is 6. The lowest BCUT2D eigenvalue weighted by Crippen LogP contribution is -2.61. The van der Waals surface area contributed by atoms with Crippen LogP contribution >= 0.6 is 11.3 Å². The average Bonchev–Trinajstić information content (AvgIpc) is 3.32. The quantitative estimate of drug-likeness (QED) is 0.579.